The minimum atomic E-state index is 0.502. The van der Waals surface area contributed by atoms with Gasteiger partial charge in [0.25, 0.3) is 0 Å². The van der Waals surface area contributed by atoms with Gasteiger partial charge in [-0.05, 0) is 25.0 Å². The first kappa shape index (κ1) is 13.8. The van der Waals surface area contributed by atoms with Gasteiger partial charge in [0, 0.05) is 24.3 Å². The summed E-state index contributed by atoms with van der Waals surface area (Å²) in [7, 11) is 0. The summed E-state index contributed by atoms with van der Waals surface area (Å²) in [6.45, 7) is 10.3. The summed E-state index contributed by atoms with van der Waals surface area (Å²) in [6, 6.07) is 7.07. The highest BCUT2D eigenvalue weighted by Gasteiger charge is 2.03. The molecule has 0 radical (unpaired) electrons. The average molecular weight is 257 g/mol. The van der Waals surface area contributed by atoms with Gasteiger partial charge in [0.1, 0.15) is 0 Å². The lowest BCUT2D eigenvalue weighted by molar-refractivity contribution is 0.588. The Morgan fingerprint density at radius 2 is 2.05 bits per heavy atom. The molecule has 1 aromatic carbocycles. The number of aromatic nitrogens is 2. The van der Waals surface area contributed by atoms with Crippen LogP contribution in [0.5, 0.6) is 0 Å². The van der Waals surface area contributed by atoms with E-state index in [2.05, 4.69) is 62.5 Å². The van der Waals surface area contributed by atoms with Crippen molar-refractivity contribution in [3.8, 4) is 0 Å². The van der Waals surface area contributed by atoms with Crippen molar-refractivity contribution >= 4 is 0 Å². The molecule has 1 aromatic heterocycles. The summed E-state index contributed by atoms with van der Waals surface area (Å²) >= 11 is 0. The second-order valence-electron chi connectivity index (χ2n) is 5.51. The summed E-state index contributed by atoms with van der Waals surface area (Å²) in [5, 5.41) is 7.84. The molecule has 3 nitrogen and oxygen atoms in total. The Bertz CT molecular complexity index is 541. The molecule has 0 aliphatic rings. The van der Waals surface area contributed by atoms with Crippen LogP contribution in [-0.2, 0) is 13.1 Å². The fourth-order valence-electron chi connectivity index (χ4n) is 2.05. The van der Waals surface area contributed by atoms with Gasteiger partial charge in [-0.25, -0.2) is 0 Å². The molecule has 0 aliphatic carbocycles. The highest BCUT2D eigenvalue weighted by Crippen LogP contribution is 2.12. The van der Waals surface area contributed by atoms with Gasteiger partial charge < -0.3 is 5.32 Å². The molecule has 1 heterocycles. The van der Waals surface area contributed by atoms with Crippen molar-refractivity contribution in [3.05, 3.63) is 52.8 Å². The molecule has 0 unspecified atom stereocenters. The predicted molar refractivity (Wildman–Crippen MR) is 79.2 cm³/mol. The van der Waals surface area contributed by atoms with Crippen molar-refractivity contribution in [3.63, 3.8) is 0 Å². The van der Waals surface area contributed by atoms with Gasteiger partial charge in [-0.15, -0.1) is 0 Å². The SMILES string of the molecule is Cc1ccc(C)c(Cn2cc(CNC(C)C)cn2)c1. The first-order valence-electron chi connectivity index (χ1n) is 6.85. The van der Waals surface area contributed by atoms with Gasteiger partial charge in [-0.3, -0.25) is 4.68 Å². The number of benzene rings is 1. The molecule has 0 spiro atoms. The van der Waals surface area contributed by atoms with E-state index in [0.717, 1.165) is 13.1 Å². The second kappa shape index (κ2) is 6.02. The van der Waals surface area contributed by atoms with Crippen LogP contribution in [0.4, 0.5) is 0 Å². The second-order valence-corrected chi connectivity index (χ2v) is 5.51. The fraction of sp³-hybridized carbons (Fsp3) is 0.438. The van der Waals surface area contributed by atoms with E-state index < -0.39 is 0 Å². The van der Waals surface area contributed by atoms with Gasteiger partial charge in [-0.1, -0.05) is 37.6 Å². The highest BCUT2D eigenvalue weighted by atomic mass is 15.3. The van der Waals surface area contributed by atoms with Gasteiger partial charge in [0.2, 0.25) is 0 Å². The lowest BCUT2D eigenvalue weighted by atomic mass is 10.1. The molecule has 0 saturated carbocycles. The minimum Gasteiger partial charge on any atom is -0.310 e. The largest absolute Gasteiger partial charge is 0.310 e. The summed E-state index contributed by atoms with van der Waals surface area (Å²) in [4.78, 5) is 0. The Kier molecular flexibility index (Phi) is 4.38. The van der Waals surface area contributed by atoms with Crippen LogP contribution in [0.2, 0.25) is 0 Å². The summed E-state index contributed by atoms with van der Waals surface area (Å²) in [5.41, 5.74) is 5.20. The Balaban J connectivity index is 2.05. The van der Waals surface area contributed by atoms with E-state index in [4.69, 9.17) is 0 Å². The molecule has 0 amide bonds. The molecular formula is C16H23N3. The van der Waals surface area contributed by atoms with Crippen LogP contribution in [0.25, 0.3) is 0 Å². The molecule has 0 aliphatic heterocycles. The first-order chi connectivity index (χ1) is 9.04. The van der Waals surface area contributed by atoms with E-state index in [-0.39, 0.29) is 0 Å². The zero-order valence-corrected chi connectivity index (χ0v) is 12.3. The maximum Gasteiger partial charge on any atom is 0.0662 e. The number of nitrogens with zero attached hydrogens (tertiary/aromatic N) is 2. The molecule has 0 fully saturated rings. The molecular weight excluding hydrogens is 234 g/mol. The topological polar surface area (TPSA) is 29.9 Å². The highest BCUT2D eigenvalue weighted by molar-refractivity contribution is 5.30. The molecule has 3 heteroatoms. The third kappa shape index (κ3) is 3.93. The Morgan fingerprint density at radius 3 is 2.79 bits per heavy atom. The van der Waals surface area contributed by atoms with Crippen LogP contribution in [0.3, 0.4) is 0 Å². The van der Waals surface area contributed by atoms with Gasteiger partial charge in [-0.2, -0.15) is 5.10 Å². The molecule has 0 bridgehead atoms. The van der Waals surface area contributed by atoms with Crippen molar-refractivity contribution < 1.29 is 0 Å². The summed E-state index contributed by atoms with van der Waals surface area (Å²) in [6.07, 6.45) is 4.07. The minimum absolute atomic E-state index is 0.502. The summed E-state index contributed by atoms with van der Waals surface area (Å²) < 4.78 is 2.01. The van der Waals surface area contributed by atoms with Gasteiger partial charge in [0.05, 0.1) is 12.7 Å². The lowest BCUT2D eigenvalue weighted by Crippen LogP contribution is -2.21. The lowest BCUT2D eigenvalue weighted by Gasteiger charge is -2.07. The number of aryl methyl sites for hydroxylation is 2. The third-order valence-corrected chi connectivity index (χ3v) is 3.24. The number of nitrogens with one attached hydrogen (secondary N) is 1. The van der Waals surface area contributed by atoms with Crippen LogP contribution in [0.15, 0.2) is 30.6 Å². The van der Waals surface area contributed by atoms with Crippen LogP contribution in [0.1, 0.15) is 36.1 Å². The normalized spacial score (nSPS) is 11.2. The van der Waals surface area contributed by atoms with Crippen molar-refractivity contribution in [2.24, 2.45) is 0 Å². The van der Waals surface area contributed by atoms with E-state index in [9.17, 15) is 0 Å². The molecule has 0 atom stereocenters. The Labute approximate surface area is 115 Å². The first-order valence-corrected chi connectivity index (χ1v) is 6.85. The van der Waals surface area contributed by atoms with Crippen LogP contribution >= 0.6 is 0 Å². The zero-order valence-electron chi connectivity index (χ0n) is 12.3. The Morgan fingerprint density at radius 1 is 1.26 bits per heavy atom. The maximum atomic E-state index is 4.44. The summed E-state index contributed by atoms with van der Waals surface area (Å²) in [5.74, 6) is 0. The average Bonchev–Trinajstić information content (AvgIpc) is 2.79. The van der Waals surface area contributed by atoms with Crippen molar-refractivity contribution in [2.45, 2.75) is 46.8 Å². The molecule has 2 aromatic rings. The molecule has 19 heavy (non-hydrogen) atoms. The number of rotatable bonds is 5. The maximum absolute atomic E-state index is 4.44. The Hall–Kier alpha value is -1.61. The van der Waals surface area contributed by atoms with E-state index in [1.54, 1.807) is 0 Å². The third-order valence-electron chi connectivity index (χ3n) is 3.24. The smallest absolute Gasteiger partial charge is 0.0662 e. The molecule has 2 rings (SSSR count). The van der Waals surface area contributed by atoms with Crippen LogP contribution in [-0.4, -0.2) is 15.8 Å². The number of hydrogen-bond acceptors (Lipinski definition) is 2. The monoisotopic (exact) mass is 257 g/mol. The molecule has 102 valence electrons. The van der Waals surface area contributed by atoms with Gasteiger partial charge in [0.15, 0.2) is 0 Å². The van der Waals surface area contributed by atoms with E-state index >= 15 is 0 Å². The predicted octanol–water partition coefficient (Wildman–Crippen LogP) is 3.05. The standard InChI is InChI=1S/C16H23N3/c1-12(2)17-8-15-9-18-19(10-15)11-16-7-13(3)5-6-14(16)4/h5-7,9-10,12,17H,8,11H2,1-4H3. The van der Waals surface area contributed by atoms with E-state index in [1.807, 2.05) is 10.9 Å². The van der Waals surface area contributed by atoms with Crippen LogP contribution < -0.4 is 5.32 Å². The zero-order chi connectivity index (χ0) is 13.8. The van der Waals surface area contributed by atoms with E-state index in [0.29, 0.717) is 6.04 Å². The molecule has 0 saturated heterocycles. The van der Waals surface area contributed by atoms with Crippen molar-refractivity contribution in [2.75, 3.05) is 0 Å². The molecule has 1 N–H and O–H groups in total. The quantitative estimate of drug-likeness (QED) is 0.892. The van der Waals surface area contributed by atoms with Crippen LogP contribution in [0, 0.1) is 13.8 Å². The van der Waals surface area contributed by atoms with Crippen molar-refractivity contribution in [1.82, 2.24) is 15.1 Å². The van der Waals surface area contributed by atoms with E-state index in [1.165, 1.54) is 22.3 Å². The fourth-order valence-corrected chi connectivity index (χ4v) is 2.05. The van der Waals surface area contributed by atoms with Gasteiger partial charge >= 0.3 is 0 Å². The van der Waals surface area contributed by atoms with Crippen molar-refractivity contribution in [1.29, 1.82) is 0 Å². The number of hydrogen-bond donors (Lipinski definition) is 1.